The van der Waals surface area contributed by atoms with Crippen LogP contribution in [-0.4, -0.2) is 25.1 Å². The molecule has 1 heterocycles. The van der Waals surface area contributed by atoms with E-state index in [9.17, 15) is 22.5 Å². The Labute approximate surface area is 151 Å². The van der Waals surface area contributed by atoms with Crippen molar-refractivity contribution in [1.82, 2.24) is 0 Å². The Balaban J connectivity index is 0.00000180. The normalized spacial score (nSPS) is 14.5. The molecule has 0 aliphatic carbocycles. The fourth-order valence-corrected chi connectivity index (χ4v) is 2.18. The molecule has 0 spiro atoms. The van der Waals surface area contributed by atoms with Gasteiger partial charge < -0.3 is 17.8 Å². The van der Waals surface area contributed by atoms with Crippen LogP contribution in [0, 0.1) is 13.8 Å². The van der Waals surface area contributed by atoms with E-state index in [0.29, 0.717) is 16.0 Å². The van der Waals surface area contributed by atoms with Crippen molar-refractivity contribution in [3.05, 3.63) is 28.8 Å². The molecule has 0 atom stereocenters. The Kier molecular flexibility index (Phi) is 5.06. The number of fused-ring (bicyclic) bond motifs is 1. The zero-order valence-corrected chi connectivity index (χ0v) is 14.0. The minimum absolute atomic E-state index is 0. The number of rotatable bonds is 2. The van der Waals surface area contributed by atoms with Crippen LogP contribution in [-0.2, 0) is 4.79 Å². The molecular formula is C11H10BF3KNO2. The van der Waals surface area contributed by atoms with Gasteiger partial charge in [-0.3, -0.25) is 9.59 Å². The molecule has 0 bridgehead atoms. The van der Waals surface area contributed by atoms with Gasteiger partial charge >= 0.3 is 58.4 Å². The van der Waals surface area contributed by atoms with Gasteiger partial charge in [-0.05, 0) is 37.5 Å². The third-order valence-electron chi connectivity index (χ3n) is 2.81. The zero-order valence-electron chi connectivity index (χ0n) is 10.8. The maximum atomic E-state index is 12.5. The molecule has 1 aliphatic rings. The Morgan fingerprint density at radius 2 is 1.74 bits per heavy atom. The second-order valence-corrected chi connectivity index (χ2v) is 4.43. The molecule has 2 rings (SSSR count). The van der Waals surface area contributed by atoms with Crippen LogP contribution in [0.1, 0.15) is 21.5 Å². The Morgan fingerprint density at radius 3 is 2.26 bits per heavy atom. The third kappa shape index (κ3) is 3.30. The summed E-state index contributed by atoms with van der Waals surface area (Å²) in [6.45, 7) is -1.85. The summed E-state index contributed by atoms with van der Waals surface area (Å²) >= 11 is 0. The molecule has 0 saturated carbocycles. The summed E-state index contributed by atoms with van der Waals surface area (Å²) in [5.74, 6) is -1.96. The van der Waals surface area contributed by atoms with Gasteiger partial charge in [0.15, 0.2) is 0 Å². The number of Topliss-reactive ketones (excluding diaryl/α,β-unsaturated/α-hetero) is 1. The predicted octanol–water partition coefficient (Wildman–Crippen LogP) is -0.777. The molecule has 0 radical (unpaired) electrons. The van der Waals surface area contributed by atoms with Crippen LogP contribution < -0.4 is 56.3 Å². The van der Waals surface area contributed by atoms with Gasteiger partial charge in [0.05, 0.1) is 11.3 Å². The molecule has 19 heavy (non-hydrogen) atoms. The topological polar surface area (TPSA) is 37.4 Å². The number of ketones is 1. The van der Waals surface area contributed by atoms with E-state index in [0.717, 1.165) is 0 Å². The summed E-state index contributed by atoms with van der Waals surface area (Å²) in [4.78, 5) is 23.8. The number of hydrogen-bond acceptors (Lipinski definition) is 2. The van der Waals surface area contributed by atoms with E-state index in [1.54, 1.807) is 19.9 Å². The summed E-state index contributed by atoms with van der Waals surface area (Å²) in [6.07, 6.45) is -1.37. The van der Waals surface area contributed by atoms with Crippen LogP contribution in [0.3, 0.4) is 0 Å². The molecule has 0 aromatic heterocycles. The van der Waals surface area contributed by atoms with Gasteiger partial charge in [0.25, 0.3) is 11.7 Å². The number of aryl methyl sites for hydroxylation is 2. The summed E-state index contributed by atoms with van der Waals surface area (Å²) in [5, 5.41) is 0. The summed E-state index contributed by atoms with van der Waals surface area (Å²) in [7, 11) is 0. The molecule has 0 saturated heterocycles. The number of carbonyl (C=O) groups excluding carboxylic acids is 2. The van der Waals surface area contributed by atoms with Crippen molar-refractivity contribution < 1.29 is 73.9 Å². The van der Waals surface area contributed by atoms with E-state index >= 15 is 0 Å². The van der Waals surface area contributed by atoms with Gasteiger partial charge in [0, 0.05) is 0 Å². The van der Waals surface area contributed by atoms with Crippen molar-refractivity contribution in [2.45, 2.75) is 13.8 Å². The van der Waals surface area contributed by atoms with E-state index in [1.807, 2.05) is 0 Å². The molecule has 1 aliphatic heterocycles. The van der Waals surface area contributed by atoms with Gasteiger partial charge in [0.1, 0.15) is 0 Å². The first-order valence-electron chi connectivity index (χ1n) is 5.39. The number of hydrogen-bond donors (Lipinski definition) is 0. The number of carbonyl (C=O) groups is 2. The quantitative estimate of drug-likeness (QED) is 0.530. The van der Waals surface area contributed by atoms with Crippen molar-refractivity contribution in [1.29, 1.82) is 0 Å². The monoisotopic (exact) mass is 295 g/mol. The first-order chi connectivity index (χ1) is 8.20. The summed E-state index contributed by atoms with van der Waals surface area (Å²) in [5.41, 5.74) is 1.40. The van der Waals surface area contributed by atoms with Crippen LogP contribution in [0.25, 0.3) is 0 Å². The maximum absolute atomic E-state index is 12.5. The zero-order chi connectivity index (χ0) is 13.7. The predicted molar refractivity (Wildman–Crippen MR) is 61.7 cm³/mol. The van der Waals surface area contributed by atoms with E-state index < -0.39 is 25.1 Å². The van der Waals surface area contributed by atoms with Crippen molar-refractivity contribution in [3.8, 4) is 0 Å². The van der Waals surface area contributed by atoms with Crippen LogP contribution in [0.4, 0.5) is 18.6 Å². The fraction of sp³-hybridized carbons (Fsp3) is 0.273. The van der Waals surface area contributed by atoms with Gasteiger partial charge in [-0.1, -0.05) is 6.07 Å². The third-order valence-corrected chi connectivity index (χ3v) is 2.81. The van der Waals surface area contributed by atoms with Gasteiger partial charge in [-0.2, -0.15) is 0 Å². The Bertz CT molecular complexity index is 560. The van der Waals surface area contributed by atoms with Crippen LogP contribution in [0.5, 0.6) is 0 Å². The first kappa shape index (κ1) is 16.9. The molecule has 0 fully saturated rings. The van der Waals surface area contributed by atoms with Crippen molar-refractivity contribution in [2.24, 2.45) is 0 Å². The van der Waals surface area contributed by atoms with E-state index in [-0.39, 0.29) is 62.6 Å². The fourth-order valence-electron chi connectivity index (χ4n) is 2.18. The van der Waals surface area contributed by atoms with Crippen LogP contribution in [0.2, 0.25) is 0 Å². The summed E-state index contributed by atoms with van der Waals surface area (Å²) in [6, 6.07) is 3.11. The minimum atomic E-state index is -5.17. The average molecular weight is 295 g/mol. The number of benzene rings is 1. The molecule has 0 unspecified atom stereocenters. The van der Waals surface area contributed by atoms with Crippen molar-refractivity contribution >= 4 is 24.4 Å². The first-order valence-corrected chi connectivity index (χ1v) is 5.39. The Hall–Kier alpha value is -0.149. The van der Waals surface area contributed by atoms with E-state index in [4.69, 9.17) is 0 Å². The number of nitrogens with zero attached hydrogens (tertiary/aromatic N) is 1. The smallest absolute Gasteiger partial charge is 0.448 e. The van der Waals surface area contributed by atoms with Crippen LogP contribution in [0.15, 0.2) is 12.1 Å². The van der Waals surface area contributed by atoms with Crippen molar-refractivity contribution in [2.75, 3.05) is 11.3 Å². The maximum Gasteiger partial charge on any atom is 1.00 e. The second kappa shape index (κ2) is 5.69. The van der Waals surface area contributed by atoms with Gasteiger partial charge in [-0.25, -0.2) is 0 Å². The van der Waals surface area contributed by atoms with Crippen LogP contribution >= 0.6 is 0 Å². The molecule has 3 nitrogen and oxygen atoms in total. The molecule has 1 aromatic carbocycles. The second-order valence-electron chi connectivity index (χ2n) is 4.43. The van der Waals surface area contributed by atoms with Crippen molar-refractivity contribution in [3.63, 3.8) is 0 Å². The molecule has 8 heteroatoms. The van der Waals surface area contributed by atoms with Gasteiger partial charge in [-0.15, -0.1) is 0 Å². The van der Waals surface area contributed by atoms with E-state index in [1.165, 1.54) is 6.07 Å². The molecule has 96 valence electrons. The standard InChI is InChI=1S/C11H10BF3NO2.K/c1-6-3-7(2)9-8(4-6)16(5-12(13,14)15)11(18)10(9)17;/h3-4H,5H2,1-2H3;/q-1;+1. The largest absolute Gasteiger partial charge is 1.00 e. The minimum Gasteiger partial charge on any atom is -0.448 e. The number of anilines is 1. The van der Waals surface area contributed by atoms with E-state index in [2.05, 4.69) is 0 Å². The molecular weight excluding hydrogens is 285 g/mol. The number of amides is 1. The number of halogens is 3. The average Bonchev–Trinajstić information content (AvgIpc) is 2.41. The molecule has 1 aromatic rings. The molecule has 0 N–H and O–H groups in total. The molecule has 1 amide bonds. The summed E-state index contributed by atoms with van der Waals surface area (Å²) < 4.78 is 37.4. The SMILES string of the molecule is Cc1cc(C)c2c(c1)N(C[B-](F)(F)F)C(=O)C2=O.[K+]. The van der Waals surface area contributed by atoms with Gasteiger partial charge in [0.2, 0.25) is 0 Å². The Morgan fingerprint density at radius 1 is 1.16 bits per heavy atom.